The minimum Gasteiger partial charge on any atom is -0.256 e. The molecule has 5 nitrogen and oxygen atoms in total. The molecule has 1 N–H and O–H groups in total. The van der Waals surface area contributed by atoms with Crippen molar-refractivity contribution in [1.29, 1.82) is 5.41 Å². The second-order valence-electron chi connectivity index (χ2n) is 2.84. The first-order valence-corrected chi connectivity index (χ1v) is 5.45. The molecule has 15 heavy (non-hydrogen) atoms. The first kappa shape index (κ1) is 11.3. The second-order valence-corrected chi connectivity index (χ2v) is 4.70. The van der Waals surface area contributed by atoms with Crippen molar-refractivity contribution in [2.75, 3.05) is 0 Å². The Balaban J connectivity index is 3.35. The first-order valence-electron chi connectivity index (χ1n) is 3.97. The Kier molecular flexibility index (Phi) is 3.14. The number of benzene rings is 1. The van der Waals surface area contributed by atoms with E-state index in [-0.39, 0.29) is 4.90 Å². The Morgan fingerprint density at radius 3 is 2.27 bits per heavy atom. The van der Waals surface area contributed by atoms with Gasteiger partial charge in [-0.15, -0.1) is 4.91 Å². The Morgan fingerprint density at radius 2 is 1.87 bits per heavy atom. The quantitative estimate of drug-likeness (QED) is 0.625. The maximum Gasteiger partial charge on any atom is 0.264 e. The van der Waals surface area contributed by atoms with E-state index in [2.05, 4.69) is 5.18 Å². The Hall–Kier alpha value is -1.78. The number of hydrogen-bond acceptors (Lipinski definition) is 5. The number of nitrogens with one attached hydrogen (secondary N) is 1. The van der Waals surface area contributed by atoms with Crippen molar-refractivity contribution in [2.45, 2.75) is 11.8 Å². The summed E-state index contributed by atoms with van der Waals surface area (Å²) in [6.07, 6.45) is 0. The third-order valence-corrected chi connectivity index (χ3v) is 3.35. The fourth-order valence-corrected chi connectivity index (χ4v) is 1.92. The molecule has 1 rings (SSSR count). The van der Waals surface area contributed by atoms with E-state index in [0.29, 0.717) is 0 Å². The summed E-state index contributed by atoms with van der Waals surface area (Å²) in [4.78, 5) is 10.1. The number of hydrogen-bond donors (Lipinski definition) is 1. The van der Waals surface area contributed by atoms with Gasteiger partial charge >= 0.3 is 0 Å². The van der Waals surface area contributed by atoms with Gasteiger partial charge in [-0.1, -0.05) is 17.7 Å². The predicted molar refractivity (Wildman–Crippen MR) is 55.4 cm³/mol. The number of nitroso groups, excluding NO2 is 1. The maximum atomic E-state index is 11.6. The smallest absolute Gasteiger partial charge is 0.256 e. The van der Waals surface area contributed by atoms with Crippen LogP contribution < -0.4 is 0 Å². The summed E-state index contributed by atoms with van der Waals surface area (Å²) in [5.74, 6) is 1.50. The molecular formula is C9H8N2O3S. The third kappa shape index (κ3) is 2.18. The van der Waals surface area contributed by atoms with Crippen LogP contribution in [0.1, 0.15) is 5.56 Å². The zero-order valence-corrected chi connectivity index (χ0v) is 8.71. The Labute approximate surface area is 86.8 Å². The molecule has 0 atom stereocenters. The van der Waals surface area contributed by atoms with Crippen molar-refractivity contribution >= 4 is 15.7 Å². The molecule has 0 saturated carbocycles. The van der Waals surface area contributed by atoms with Crippen molar-refractivity contribution in [3.8, 4) is 0 Å². The van der Waals surface area contributed by atoms with E-state index < -0.39 is 14.9 Å². The predicted octanol–water partition coefficient (Wildman–Crippen LogP) is 1.62. The van der Waals surface area contributed by atoms with Crippen LogP contribution in [-0.4, -0.2) is 14.3 Å². The van der Waals surface area contributed by atoms with E-state index in [1.54, 1.807) is 12.1 Å². The summed E-state index contributed by atoms with van der Waals surface area (Å²) in [5.41, 5.74) is 0.897. The molecule has 0 saturated heterocycles. The summed E-state index contributed by atoms with van der Waals surface area (Å²) in [7, 11) is -3.98. The Morgan fingerprint density at radius 1 is 1.33 bits per heavy atom. The van der Waals surface area contributed by atoms with Gasteiger partial charge in [0, 0.05) is 5.87 Å². The van der Waals surface area contributed by atoms with E-state index in [1.165, 1.54) is 18.0 Å². The van der Waals surface area contributed by atoms with Gasteiger partial charge in [0.25, 0.3) is 5.03 Å². The van der Waals surface area contributed by atoms with Gasteiger partial charge in [0.1, 0.15) is 0 Å². The number of nitrogens with zero attached hydrogens (tertiary/aromatic N) is 1. The number of aryl methyl sites for hydroxylation is 1. The van der Waals surface area contributed by atoms with Crippen molar-refractivity contribution in [2.24, 2.45) is 5.18 Å². The minimum atomic E-state index is -3.98. The second kappa shape index (κ2) is 4.16. The zero-order chi connectivity index (χ0) is 11.5. The van der Waals surface area contributed by atoms with E-state index in [9.17, 15) is 13.3 Å². The summed E-state index contributed by atoms with van der Waals surface area (Å²) in [6, 6.07) is 5.90. The van der Waals surface area contributed by atoms with Crippen LogP contribution in [0.3, 0.4) is 0 Å². The molecule has 0 aliphatic carbocycles. The molecule has 0 aliphatic heterocycles. The van der Waals surface area contributed by atoms with E-state index >= 15 is 0 Å². The van der Waals surface area contributed by atoms with Crippen LogP contribution in [0.4, 0.5) is 0 Å². The number of rotatable bonds is 3. The summed E-state index contributed by atoms with van der Waals surface area (Å²) < 4.78 is 23.2. The molecule has 0 radical (unpaired) electrons. The lowest BCUT2D eigenvalue weighted by Crippen LogP contribution is -2.03. The molecule has 78 valence electrons. The SMILES string of the molecule is Cc1ccc(S(=O)(=O)C(=C=N)N=O)cc1. The fourth-order valence-electron chi connectivity index (χ4n) is 0.968. The largest absolute Gasteiger partial charge is 0.264 e. The van der Waals surface area contributed by atoms with Crippen molar-refractivity contribution in [3.05, 3.63) is 39.8 Å². The lowest BCUT2D eigenvalue weighted by Gasteiger charge is -2.00. The first-order chi connectivity index (χ1) is 7.02. The van der Waals surface area contributed by atoms with Crippen LogP contribution in [0.25, 0.3) is 0 Å². The van der Waals surface area contributed by atoms with Gasteiger partial charge in [0.15, 0.2) is 0 Å². The van der Waals surface area contributed by atoms with Crippen LogP contribution in [0.2, 0.25) is 0 Å². The van der Waals surface area contributed by atoms with Crippen LogP contribution in [0.15, 0.2) is 39.4 Å². The average Bonchev–Trinajstić information content (AvgIpc) is 2.19. The highest BCUT2D eigenvalue weighted by Crippen LogP contribution is 2.18. The van der Waals surface area contributed by atoms with E-state index in [1.807, 2.05) is 6.92 Å². The monoisotopic (exact) mass is 224 g/mol. The third-order valence-electron chi connectivity index (χ3n) is 1.78. The molecule has 6 heteroatoms. The van der Waals surface area contributed by atoms with Crippen molar-refractivity contribution < 1.29 is 8.42 Å². The summed E-state index contributed by atoms with van der Waals surface area (Å²) >= 11 is 0. The van der Waals surface area contributed by atoms with Gasteiger partial charge in [0.05, 0.1) is 4.90 Å². The van der Waals surface area contributed by atoms with Gasteiger partial charge in [0.2, 0.25) is 9.84 Å². The van der Waals surface area contributed by atoms with Crippen molar-refractivity contribution in [3.63, 3.8) is 0 Å². The molecular weight excluding hydrogens is 216 g/mol. The minimum absolute atomic E-state index is 0.0672. The molecule has 0 spiro atoms. The topological polar surface area (TPSA) is 87.4 Å². The molecule has 0 amide bonds. The zero-order valence-electron chi connectivity index (χ0n) is 7.89. The van der Waals surface area contributed by atoms with Gasteiger partial charge in [-0.25, -0.2) is 8.42 Å². The summed E-state index contributed by atoms with van der Waals surface area (Å²) in [5, 5.41) is 7.99. The van der Waals surface area contributed by atoms with Crippen LogP contribution in [0.5, 0.6) is 0 Å². The standard InChI is InChI=1S/C9H8N2O3S/c1-7-2-4-8(5-3-7)15(13,14)9(6-10)11-12/h2-5,10H,1H3. The average molecular weight is 224 g/mol. The van der Waals surface area contributed by atoms with E-state index in [0.717, 1.165) is 5.56 Å². The fraction of sp³-hybridized carbons (Fsp3) is 0.111. The van der Waals surface area contributed by atoms with E-state index in [4.69, 9.17) is 5.41 Å². The van der Waals surface area contributed by atoms with Gasteiger partial charge < -0.3 is 0 Å². The van der Waals surface area contributed by atoms with Crippen LogP contribution in [0, 0.1) is 17.2 Å². The molecule has 1 aromatic carbocycles. The van der Waals surface area contributed by atoms with Gasteiger partial charge in [-0.3, -0.25) is 5.41 Å². The molecule has 0 heterocycles. The van der Waals surface area contributed by atoms with Crippen LogP contribution in [-0.2, 0) is 9.84 Å². The number of sulfone groups is 1. The summed E-state index contributed by atoms with van der Waals surface area (Å²) in [6.45, 7) is 1.81. The molecule has 1 aromatic rings. The van der Waals surface area contributed by atoms with Crippen LogP contribution >= 0.6 is 0 Å². The van der Waals surface area contributed by atoms with Gasteiger partial charge in [-0.2, -0.15) is 0 Å². The lowest BCUT2D eigenvalue weighted by atomic mass is 10.2. The normalized spacial score (nSPS) is 10.5. The van der Waals surface area contributed by atoms with Crippen molar-refractivity contribution in [1.82, 2.24) is 0 Å². The highest BCUT2D eigenvalue weighted by atomic mass is 32.2. The molecule has 0 aliphatic rings. The highest BCUT2D eigenvalue weighted by molar-refractivity contribution is 7.95. The molecule has 0 aromatic heterocycles. The molecule has 0 unspecified atom stereocenters. The van der Waals surface area contributed by atoms with Gasteiger partial charge in [-0.05, 0) is 24.2 Å². The maximum absolute atomic E-state index is 11.6. The lowest BCUT2D eigenvalue weighted by molar-refractivity contribution is 0.602. The highest BCUT2D eigenvalue weighted by Gasteiger charge is 2.21. The molecule has 0 bridgehead atoms. The Bertz CT molecular complexity index is 525. The molecule has 0 fully saturated rings.